The molecule has 1 aromatic rings. The van der Waals surface area contributed by atoms with E-state index in [1.54, 1.807) is 18.0 Å². The quantitative estimate of drug-likeness (QED) is 0.667. The van der Waals surface area contributed by atoms with Crippen LogP contribution in [0.2, 0.25) is 0 Å². The molecule has 1 aliphatic heterocycles. The molecule has 0 amide bonds. The average molecular weight is 402 g/mol. The van der Waals surface area contributed by atoms with Gasteiger partial charge in [-0.2, -0.15) is 0 Å². The summed E-state index contributed by atoms with van der Waals surface area (Å²) in [7, 11) is 0. The SMILES string of the molecule is CC/C=C(/C#Cc1cccccnc(C)[nH]1)SCCN1CCCCC(F)CC1. The molecule has 1 fully saturated rings. The second-order valence-electron chi connectivity index (χ2n) is 6.94. The molecular formula is C23H32FN3S. The van der Waals surface area contributed by atoms with Crippen LogP contribution in [0.15, 0.2) is 41.4 Å². The Bertz CT molecular complexity index is 731. The molecule has 0 bridgehead atoms. The number of nitrogens with zero attached hydrogens (tertiary/aromatic N) is 2. The van der Waals surface area contributed by atoms with E-state index in [2.05, 4.69) is 39.7 Å². The van der Waals surface area contributed by atoms with Crippen LogP contribution >= 0.6 is 11.8 Å². The molecule has 0 radical (unpaired) electrons. The molecule has 0 saturated carbocycles. The predicted octanol–water partition coefficient (Wildman–Crippen LogP) is 5.44. The minimum absolute atomic E-state index is 0.623. The van der Waals surface area contributed by atoms with Gasteiger partial charge >= 0.3 is 0 Å². The number of allylic oxidation sites excluding steroid dienone is 2. The number of likely N-dealkylation sites (tertiary alicyclic amines) is 1. The van der Waals surface area contributed by atoms with Gasteiger partial charge in [0.1, 0.15) is 12.0 Å². The Morgan fingerprint density at radius 3 is 3.07 bits per heavy atom. The van der Waals surface area contributed by atoms with Crippen molar-refractivity contribution in [1.29, 1.82) is 0 Å². The number of aryl methyl sites for hydroxylation is 1. The first-order valence-electron chi connectivity index (χ1n) is 10.2. The van der Waals surface area contributed by atoms with Crippen molar-refractivity contribution >= 4 is 11.8 Å². The first kappa shape index (κ1) is 22.5. The van der Waals surface area contributed by atoms with Crippen molar-refractivity contribution in [1.82, 2.24) is 14.9 Å². The van der Waals surface area contributed by atoms with E-state index in [4.69, 9.17) is 0 Å². The minimum atomic E-state index is -0.623. The monoisotopic (exact) mass is 401 g/mol. The maximum absolute atomic E-state index is 13.6. The second-order valence-corrected chi connectivity index (χ2v) is 8.08. The summed E-state index contributed by atoms with van der Waals surface area (Å²) < 4.78 is 13.6. The fraction of sp³-hybridized carbons (Fsp3) is 0.522. The molecular weight excluding hydrogens is 369 g/mol. The molecule has 1 aromatic heterocycles. The first-order chi connectivity index (χ1) is 13.7. The molecule has 152 valence electrons. The lowest BCUT2D eigenvalue weighted by Crippen LogP contribution is -2.31. The van der Waals surface area contributed by atoms with Gasteiger partial charge in [0.05, 0.1) is 10.6 Å². The highest BCUT2D eigenvalue weighted by molar-refractivity contribution is 8.03. The summed E-state index contributed by atoms with van der Waals surface area (Å²) in [6.07, 6.45) is 7.79. The molecule has 1 atom stereocenters. The van der Waals surface area contributed by atoms with Gasteiger partial charge in [-0.3, -0.25) is 0 Å². The second kappa shape index (κ2) is 13.4. The summed E-state index contributed by atoms with van der Waals surface area (Å²) >= 11 is 1.79. The Labute approximate surface area is 173 Å². The summed E-state index contributed by atoms with van der Waals surface area (Å²) in [4.78, 5) is 11.0. The number of H-pyrrole nitrogens is 1. The Kier molecular flexibility index (Phi) is 10.8. The van der Waals surface area contributed by atoms with Gasteiger partial charge in [0.2, 0.25) is 0 Å². The minimum Gasteiger partial charge on any atom is -0.337 e. The third-order valence-corrected chi connectivity index (χ3v) is 5.50. The summed E-state index contributed by atoms with van der Waals surface area (Å²) in [5.41, 5.74) is 0.835. The Morgan fingerprint density at radius 2 is 2.21 bits per heavy atom. The average Bonchev–Trinajstić information content (AvgIpc) is 2.76. The Balaban J connectivity index is 1.96. The first-order valence-corrected chi connectivity index (χ1v) is 11.2. The van der Waals surface area contributed by atoms with Crippen LogP contribution in [0.4, 0.5) is 4.39 Å². The van der Waals surface area contributed by atoms with Crippen LogP contribution < -0.4 is 0 Å². The number of aromatic amines is 1. The highest BCUT2D eigenvalue weighted by Gasteiger charge is 2.14. The van der Waals surface area contributed by atoms with E-state index in [-0.39, 0.29) is 0 Å². The largest absolute Gasteiger partial charge is 0.337 e. The van der Waals surface area contributed by atoms with Crippen molar-refractivity contribution in [3.05, 3.63) is 53.0 Å². The lowest BCUT2D eigenvalue weighted by Gasteiger charge is -2.25. The van der Waals surface area contributed by atoms with Crippen LogP contribution in [0.3, 0.4) is 0 Å². The molecule has 28 heavy (non-hydrogen) atoms. The van der Waals surface area contributed by atoms with Crippen LogP contribution in [0, 0.1) is 18.8 Å². The van der Waals surface area contributed by atoms with Crippen molar-refractivity contribution in [3.8, 4) is 11.8 Å². The molecule has 1 aliphatic rings. The normalized spacial score (nSPS) is 18.4. The molecule has 1 N–H and O–H groups in total. The zero-order valence-electron chi connectivity index (χ0n) is 17.1. The smallest absolute Gasteiger partial charge is 0.103 e. The van der Waals surface area contributed by atoms with Crippen molar-refractivity contribution in [2.45, 2.75) is 52.1 Å². The maximum atomic E-state index is 13.6. The van der Waals surface area contributed by atoms with Gasteiger partial charge in [0.25, 0.3) is 0 Å². The summed E-state index contributed by atoms with van der Waals surface area (Å²) in [5, 5.41) is 0. The molecule has 1 saturated heterocycles. The molecule has 3 nitrogen and oxygen atoms in total. The fourth-order valence-corrected chi connectivity index (χ4v) is 3.99. The van der Waals surface area contributed by atoms with Crippen LogP contribution in [0.25, 0.3) is 0 Å². The van der Waals surface area contributed by atoms with E-state index in [0.717, 1.165) is 67.5 Å². The van der Waals surface area contributed by atoms with Gasteiger partial charge in [-0.05, 0) is 63.6 Å². The summed E-state index contributed by atoms with van der Waals surface area (Å²) in [5.74, 6) is 8.33. The van der Waals surface area contributed by atoms with Crippen LogP contribution in [-0.2, 0) is 0 Å². The molecule has 2 heterocycles. The van der Waals surface area contributed by atoms with Gasteiger partial charge in [-0.25, -0.2) is 9.37 Å². The van der Waals surface area contributed by atoms with E-state index in [0.29, 0.717) is 6.42 Å². The lowest BCUT2D eigenvalue weighted by molar-refractivity contribution is 0.195. The van der Waals surface area contributed by atoms with Gasteiger partial charge in [0.15, 0.2) is 0 Å². The number of alkyl halides is 1. The standard InChI is InChI=1S/C23H32FN3S/c1-3-9-23(13-12-22-11-5-4-7-15-25-20(2)26-22)28-19-18-27-16-8-6-10-21(24)14-17-27/h4-5,7,9,11,15,21H,3,6,8,10,14,16-19H2,1-2H3,(H,25,26)/b5-4?,15-7?,22-11?,23-9-. The topological polar surface area (TPSA) is 31.9 Å². The van der Waals surface area contributed by atoms with Crippen molar-refractivity contribution in [2.75, 3.05) is 25.4 Å². The van der Waals surface area contributed by atoms with E-state index in [1.165, 1.54) is 0 Å². The van der Waals surface area contributed by atoms with E-state index >= 15 is 0 Å². The highest BCUT2D eigenvalue weighted by atomic mass is 32.2. The van der Waals surface area contributed by atoms with Gasteiger partial charge < -0.3 is 9.88 Å². The van der Waals surface area contributed by atoms with Gasteiger partial charge in [0, 0.05) is 25.0 Å². The van der Waals surface area contributed by atoms with Crippen LogP contribution in [-0.4, -0.2) is 46.4 Å². The van der Waals surface area contributed by atoms with Crippen molar-refractivity contribution in [3.63, 3.8) is 0 Å². The fourth-order valence-electron chi connectivity index (χ4n) is 3.01. The van der Waals surface area contributed by atoms with Gasteiger partial charge in [-0.1, -0.05) is 31.1 Å². The van der Waals surface area contributed by atoms with Crippen LogP contribution in [0.5, 0.6) is 0 Å². The number of halogens is 1. The zero-order chi connectivity index (χ0) is 20.0. The Hall–Kier alpha value is -1.77. The van der Waals surface area contributed by atoms with E-state index in [1.807, 2.05) is 31.2 Å². The van der Waals surface area contributed by atoms with Crippen LogP contribution in [0.1, 0.15) is 50.5 Å². The molecule has 1 unspecified atom stereocenters. The lowest BCUT2D eigenvalue weighted by atomic mass is 10.1. The molecule has 0 spiro atoms. The molecule has 2 rings (SSSR count). The molecule has 0 aliphatic carbocycles. The number of hydrogen-bond donors (Lipinski definition) is 1. The predicted molar refractivity (Wildman–Crippen MR) is 118 cm³/mol. The van der Waals surface area contributed by atoms with Gasteiger partial charge in [-0.15, -0.1) is 11.8 Å². The third kappa shape index (κ3) is 9.43. The van der Waals surface area contributed by atoms with E-state index in [9.17, 15) is 4.39 Å². The maximum Gasteiger partial charge on any atom is 0.103 e. The Morgan fingerprint density at radius 1 is 1.32 bits per heavy atom. The molecule has 5 heteroatoms. The third-order valence-electron chi connectivity index (χ3n) is 4.53. The van der Waals surface area contributed by atoms with Crippen molar-refractivity contribution in [2.24, 2.45) is 0 Å². The zero-order valence-corrected chi connectivity index (χ0v) is 17.9. The number of hydrogen-bond acceptors (Lipinski definition) is 3. The van der Waals surface area contributed by atoms with Crippen molar-refractivity contribution < 1.29 is 4.39 Å². The summed E-state index contributed by atoms with van der Waals surface area (Å²) in [6.45, 7) is 7.00. The molecule has 0 aromatic carbocycles. The summed E-state index contributed by atoms with van der Waals surface area (Å²) in [6, 6.07) is 7.75. The highest BCUT2D eigenvalue weighted by Crippen LogP contribution is 2.18. The number of nitrogens with one attached hydrogen (secondary N) is 1. The number of thioether (sulfide) groups is 1. The number of aromatic nitrogens is 2. The van der Waals surface area contributed by atoms with E-state index < -0.39 is 6.17 Å². The number of rotatable bonds is 5.